The van der Waals surface area contributed by atoms with E-state index in [2.05, 4.69) is 10.6 Å². The van der Waals surface area contributed by atoms with Crippen molar-refractivity contribution in [2.45, 2.75) is 103 Å². The number of nitrogens with one attached hydrogen (secondary N) is 2. The number of carbonyl (C=O) groups excluding carboxylic acids is 6. The van der Waals surface area contributed by atoms with Gasteiger partial charge in [-0.15, -0.1) is 0 Å². The first-order valence-corrected chi connectivity index (χ1v) is 14.8. The lowest BCUT2D eigenvalue weighted by molar-refractivity contribution is -0.143. The smallest absolute Gasteiger partial charge is 0.409 e. The number of piperidine rings is 1. The Balaban J connectivity index is 1.63. The number of ketones is 3. The van der Waals surface area contributed by atoms with E-state index < -0.39 is 41.1 Å². The third-order valence-corrected chi connectivity index (χ3v) is 8.63. The summed E-state index contributed by atoms with van der Waals surface area (Å²) >= 11 is 0. The fourth-order valence-electron chi connectivity index (χ4n) is 6.05. The number of nitrogens with zero attached hydrogens (tertiary/aromatic N) is 1. The lowest BCUT2D eigenvalue weighted by atomic mass is 9.73. The van der Waals surface area contributed by atoms with E-state index in [0.717, 1.165) is 32.1 Å². The molecule has 0 aromatic rings. The molecule has 3 aliphatic rings. The number of methoxy groups -OCH3 is 1. The molecule has 2 aliphatic heterocycles. The second-order valence-electron chi connectivity index (χ2n) is 11.8. The Labute approximate surface area is 236 Å². The van der Waals surface area contributed by atoms with Crippen molar-refractivity contribution in [2.24, 2.45) is 17.8 Å². The fraction of sp³-hybridized carbons (Fsp3) is 0.793. The van der Waals surface area contributed by atoms with Crippen LogP contribution in [0.2, 0.25) is 0 Å². The topological polar surface area (TPSA) is 148 Å². The summed E-state index contributed by atoms with van der Waals surface area (Å²) in [5.74, 6) is -3.32. The number of likely N-dealkylation sites (tertiary alicyclic amines) is 1. The van der Waals surface area contributed by atoms with E-state index in [1.165, 1.54) is 7.11 Å². The summed E-state index contributed by atoms with van der Waals surface area (Å²) in [6, 6.07) is 0. The summed E-state index contributed by atoms with van der Waals surface area (Å²) in [7, 11) is 1.32. The molecule has 3 amide bonds. The molecule has 3 rings (SSSR count). The Morgan fingerprint density at radius 2 is 1.68 bits per heavy atom. The highest BCUT2D eigenvalue weighted by molar-refractivity contribution is 6.38. The molecule has 0 aromatic carbocycles. The summed E-state index contributed by atoms with van der Waals surface area (Å²) in [4.78, 5) is 78.5. The monoisotopic (exact) mass is 563 g/mol. The highest BCUT2D eigenvalue weighted by Crippen LogP contribution is 2.33. The predicted molar refractivity (Wildman–Crippen MR) is 145 cm³/mol. The Hall–Kier alpha value is -2.98. The van der Waals surface area contributed by atoms with Gasteiger partial charge in [0.15, 0.2) is 11.6 Å². The van der Waals surface area contributed by atoms with Gasteiger partial charge in [0.1, 0.15) is 11.6 Å². The summed E-state index contributed by atoms with van der Waals surface area (Å²) in [6.45, 7) is 4.99. The van der Waals surface area contributed by atoms with Crippen LogP contribution in [-0.2, 0) is 28.7 Å². The average Bonchev–Trinajstić information content (AvgIpc) is 3.14. The number of alkyl carbamates (subject to hydrolysis) is 1. The molecule has 1 saturated carbocycles. The number of Topliss-reactive ketones (excluding diaryl/α,β-unsaturated/α-hetero) is 3. The van der Waals surface area contributed by atoms with Crippen LogP contribution >= 0.6 is 0 Å². The van der Waals surface area contributed by atoms with Crippen molar-refractivity contribution < 1.29 is 38.2 Å². The van der Waals surface area contributed by atoms with Gasteiger partial charge < -0.3 is 25.0 Å². The predicted octanol–water partition coefficient (Wildman–Crippen LogP) is 3.32. The zero-order valence-corrected chi connectivity index (χ0v) is 24.1. The molecule has 0 aromatic heterocycles. The van der Waals surface area contributed by atoms with E-state index >= 15 is 0 Å². The van der Waals surface area contributed by atoms with Crippen LogP contribution in [0.15, 0.2) is 0 Å². The molecule has 0 unspecified atom stereocenters. The minimum absolute atomic E-state index is 0.146. The van der Waals surface area contributed by atoms with Gasteiger partial charge in [-0.1, -0.05) is 39.5 Å². The van der Waals surface area contributed by atoms with E-state index in [0.29, 0.717) is 51.7 Å². The number of ether oxygens (including phenoxy) is 2. The van der Waals surface area contributed by atoms with Crippen LogP contribution in [0.1, 0.15) is 90.9 Å². The van der Waals surface area contributed by atoms with Gasteiger partial charge in [-0.2, -0.15) is 0 Å². The molecule has 11 heteroatoms. The van der Waals surface area contributed by atoms with Gasteiger partial charge in [0.2, 0.25) is 11.7 Å². The Bertz CT molecular complexity index is 951. The lowest BCUT2D eigenvalue weighted by Gasteiger charge is -2.38. The van der Waals surface area contributed by atoms with Crippen molar-refractivity contribution >= 4 is 35.4 Å². The molecule has 2 saturated heterocycles. The number of rotatable bonds is 10. The van der Waals surface area contributed by atoms with Crippen molar-refractivity contribution in [3.8, 4) is 0 Å². The third-order valence-electron chi connectivity index (χ3n) is 8.63. The van der Waals surface area contributed by atoms with Crippen LogP contribution in [0.25, 0.3) is 0 Å². The van der Waals surface area contributed by atoms with Crippen molar-refractivity contribution in [1.29, 1.82) is 0 Å². The minimum Gasteiger partial charge on any atom is -0.453 e. The maximum absolute atomic E-state index is 13.8. The maximum atomic E-state index is 13.8. The van der Waals surface area contributed by atoms with E-state index in [1.54, 1.807) is 18.7 Å². The Morgan fingerprint density at radius 3 is 2.30 bits per heavy atom. The summed E-state index contributed by atoms with van der Waals surface area (Å²) in [5, 5.41) is 5.65. The van der Waals surface area contributed by atoms with Crippen LogP contribution in [0.4, 0.5) is 9.59 Å². The maximum Gasteiger partial charge on any atom is 0.409 e. The van der Waals surface area contributed by atoms with E-state index in [1.807, 2.05) is 0 Å². The molecule has 224 valence electrons. The zero-order valence-electron chi connectivity index (χ0n) is 24.1. The molecule has 0 radical (unpaired) electrons. The van der Waals surface area contributed by atoms with Crippen molar-refractivity contribution in [1.82, 2.24) is 15.5 Å². The summed E-state index contributed by atoms with van der Waals surface area (Å²) in [5.41, 5.74) is -1.15. The molecule has 0 spiro atoms. The molecule has 2 heterocycles. The van der Waals surface area contributed by atoms with Gasteiger partial charge in [-0.05, 0) is 31.6 Å². The van der Waals surface area contributed by atoms with Crippen LogP contribution in [0, 0.1) is 17.8 Å². The molecule has 40 heavy (non-hydrogen) atoms. The van der Waals surface area contributed by atoms with Crippen molar-refractivity contribution in [2.75, 3.05) is 26.7 Å². The molecule has 2 N–H and O–H groups in total. The summed E-state index contributed by atoms with van der Waals surface area (Å²) in [6.07, 6.45) is 4.68. The first-order chi connectivity index (χ1) is 19.1. The first kappa shape index (κ1) is 31.5. The number of hydrogen-bond donors (Lipinski definition) is 2. The van der Waals surface area contributed by atoms with Crippen molar-refractivity contribution in [3.63, 3.8) is 0 Å². The fourth-order valence-corrected chi connectivity index (χ4v) is 6.05. The van der Waals surface area contributed by atoms with Crippen LogP contribution < -0.4 is 10.6 Å². The van der Waals surface area contributed by atoms with Crippen LogP contribution in [0.3, 0.4) is 0 Å². The lowest BCUT2D eigenvalue weighted by Crippen LogP contribution is -2.57. The Kier molecular flexibility index (Phi) is 11.5. The molecule has 1 aliphatic carbocycles. The van der Waals surface area contributed by atoms with Gasteiger partial charge in [0.05, 0.1) is 7.11 Å². The van der Waals surface area contributed by atoms with E-state index in [4.69, 9.17) is 9.47 Å². The largest absolute Gasteiger partial charge is 0.453 e. The van der Waals surface area contributed by atoms with E-state index in [-0.39, 0.29) is 36.6 Å². The number of carbonyl (C=O) groups is 6. The quantitative estimate of drug-likeness (QED) is 0.385. The number of hydrogen-bond acceptors (Lipinski definition) is 8. The second-order valence-corrected chi connectivity index (χ2v) is 11.8. The highest BCUT2D eigenvalue weighted by atomic mass is 16.6. The first-order valence-electron chi connectivity index (χ1n) is 14.8. The zero-order chi connectivity index (χ0) is 29.3. The molecular formula is C29H45N3O8. The van der Waals surface area contributed by atoms with E-state index in [9.17, 15) is 28.8 Å². The molecular weight excluding hydrogens is 518 g/mol. The minimum atomic E-state index is -1.15. The highest BCUT2D eigenvalue weighted by Gasteiger charge is 2.44. The third kappa shape index (κ3) is 8.27. The second kappa shape index (κ2) is 14.6. The SMILES string of the molecule is COC(=O)N1CCC(OC(=O)NC2(C(=O)C[C@H](C(=O)C(=O)C[C@H]3CCCCNC3=O)C(C)C)CCCCC2)CC1. The van der Waals surface area contributed by atoms with Gasteiger partial charge in [-0.25, -0.2) is 9.59 Å². The molecule has 11 nitrogen and oxygen atoms in total. The van der Waals surface area contributed by atoms with Crippen LogP contribution in [-0.4, -0.2) is 78.7 Å². The molecule has 0 bridgehead atoms. The van der Waals surface area contributed by atoms with Gasteiger partial charge in [-0.3, -0.25) is 19.2 Å². The van der Waals surface area contributed by atoms with Gasteiger partial charge in [0.25, 0.3) is 0 Å². The summed E-state index contributed by atoms with van der Waals surface area (Å²) < 4.78 is 10.4. The average molecular weight is 564 g/mol. The van der Waals surface area contributed by atoms with Crippen molar-refractivity contribution in [3.05, 3.63) is 0 Å². The van der Waals surface area contributed by atoms with Gasteiger partial charge >= 0.3 is 12.2 Å². The van der Waals surface area contributed by atoms with Crippen LogP contribution in [0.5, 0.6) is 0 Å². The number of amides is 3. The molecule has 2 atom stereocenters. The van der Waals surface area contributed by atoms with Gasteiger partial charge in [0, 0.05) is 57.2 Å². The standard InChI is InChI=1S/C29H45N3O8/c1-19(2)22(25(35)23(33)17-20-9-5-8-14-30-26(20)36)18-24(34)29(12-6-4-7-13-29)31-27(37)40-21-10-15-32(16-11-21)28(38)39-3/h19-22H,4-18H2,1-3H3,(H,30,36)(H,31,37)/t20-,22+/m1/s1. The Morgan fingerprint density at radius 1 is 1.00 bits per heavy atom. The normalized spacial score (nSPS) is 22.4. The molecule has 3 fully saturated rings.